The number of carbonyl (C=O) groups excluding carboxylic acids is 2. The second-order valence-corrected chi connectivity index (χ2v) is 8.11. The Kier molecular flexibility index (Phi) is 5.20. The lowest BCUT2D eigenvalue weighted by molar-refractivity contribution is -0.138. The standard InChI is InChI=1S/C25H26N2O3/c1-17(23(26)28)27-15-14-25(2,24(27)29)20-10-12-21(13-11-20)30-16-19-8-5-7-18-6-3-4-9-22(18)19/h3-13,17H,14-16H2,1-2H3,(H2,26,28). The number of nitrogens with zero attached hydrogens (tertiary/aromatic N) is 1. The van der Waals surface area contributed by atoms with Crippen LogP contribution in [-0.2, 0) is 21.6 Å². The van der Waals surface area contributed by atoms with E-state index in [2.05, 4.69) is 24.3 Å². The summed E-state index contributed by atoms with van der Waals surface area (Å²) in [7, 11) is 0. The van der Waals surface area contributed by atoms with Gasteiger partial charge in [-0.2, -0.15) is 0 Å². The minimum Gasteiger partial charge on any atom is -0.489 e. The first-order chi connectivity index (χ1) is 14.4. The molecule has 1 aliphatic rings. The first-order valence-electron chi connectivity index (χ1n) is 10.2. The van der Waals surface area contributed by atoms with Crippen molar-refractivity contribution >= 4 is 22.6 Å². The summed E-state index contributed by atoms with van der Waals surface area (Å²) in [5.41, 5.74) is 6.79. The summed E-state index contributed by atoms with van der Waals surface area (Å²) < 4.78 is 6.01. The lowest BCUT2D eigenvalue weighted by Gasteiger charge is -2.26. The van der Waals surface area contributed by atoms with Gasteiger partial charge < -0.3 is 15.4 Å². The van der Waals surface area contributed by atoms with Crippen LogP contribution in [0.1, 0.15) is 31.4 Å². The molecule has 0 aromatic heterocycles. The van der Waals surface area contributed by atoms with Gasteiger partial charge in [-0.15, -0.1) is 0 Å². The van der Waals surface area contributed by atoms with E-state index in [0.29, 0.717) is 19.6 Å². The average molecular weight is 402 g/mol. The predicted molar refractivity (Wildman–Crippen MR) is 117 cm³/mol. The van der Waals surface area contributed by atoms with Crippen molar-refractivity contribution in [3.05, 3.63) is 77.9 Å². The Balaban J connectivity index is 1.48. The van der Waals surface area contributed by atoms with Gasteiger partial charge in [0, 0.05) is 6.54 Å². The summed E-state index contributed by atoms with van der Waals surface area (Å²) in [6.45, 7) is 4.60. The van der Waals surface area contributed by atoms with E-state index in [9.17, 15) is 9.59 Å². The Morgan fingerprint density at radius 3 is 2.53 bits per heavy atom. The molecule has 154 valence electrons. The highest BCUT2D eigenvalue weighted by Crippen LogP contribution is 2.37. The third kappa shape index (κ3) is 3.52. The van der Waals surface area contributed by atoms with Crippen molar-refractivity contribution in [1.29, 1.82) is 0 Å². The molecule has 0 spiro atoms. The topological polar surface area (TPSA) is 72.6 Å². The van der Waals surface area contributed by atoms with Crippen molar-refractivity contribution < 1.29 is 14.3 Å². The molecule has 5 heteroatoms. The van der Waals surface area contributed by atoms with Crippen LogP contribution in [0.4, 0.5) is 0 Å². The van der Waals surface area contributed by atoms with E-state index >= 15 is 0 Å². The van der Waals surface area contributed by atoms with E-state index in [4.69, 9.17) is 10.5 Å². The number of likely N-dealkylation sites (tertiary alicyclic amines) is 1. The number of nitrogens with two attached hydrogens (primary N) is 1. The van der Waals surface area contributed by atoms with Crippen LogP contribution < -0.4 is 10.5 Å². The molecule has 1 saturated heterocycles. The summed E-state index contributed by atoms with van der Waals surface area (Å²) in [5, 5.41) is 2.38. The zero-order valence-corrected chi connectivity index (χ0v) is 17.3. The van der Waals surface area contributed by atoms with Crippen molar-refractivity contribution in [2.24, 2.45) is 5.73 Å². The molecule has 3 aromatic carbocycles. The highest BCUT2D eigenvalue weighted by atomic mass is 16.5. The maximum absolute atomic E-state index is 13.0. The molecule has 5 nitrogen and oxygen atoms in total. The third-order valence-electron chi connectivity index (χ3n) is 6.23. The Morgan fingerprint density at radius 2 is 1.80 bits per heavy atom. The summed E-state index contributed by atoms with van der Waals surface area (Å²) in [6.07, 6.45) is 0.652. The van der Waals surface area contributed by atoms with Crippen molar-refractivity contribution in [2.75, 3.05) is 6.54 Å². The SMILES string of the molecule is CC(C(N)=O)N1CCC(C)(c2ccc(OCc3cccc4ccccc34)cc2)C1=O. The van der Waals surface area contributed by atoms with Crippen molar-refractivity contribution in [2.45, 2.75) is 38.3 Å². The van der Waals surface area contributed by atoms with Crippen LogP contribution in [0, 0.1) is 0 Å². The molecule has 2 amide bonds. The van der Waals surface area contributed by atoms with Crippen molar-refractivity contribution in [3.8, 4) is 5.75 Å². The molecule has 4 rings (SSSR count). The molecule has 1 aliphatic heterocycles. The molecule has 2 N–H and O–H groups in total. The van der Waals surface area contributed by atoms with Gasteiger partial charge >= 0.3 is 0 Å². The molecule has 3 aromatic rings. The van der Waals surface area contributed by atoms with Crippen LogP contribution >= 0.6 is 0 Å². The molecule has 0 aliphatic carbocycles. The monoisotopic (exact) mass is 402 g/mol. The Labute approximate surface area is 176 Å². The quantitative estimate of drug-likeness (QED) is 0.682. The zero-order chi connectivity index (χ0) is 21.3. The van der Waals surface area contributed by atoms with Gasteiger partial charge in [0.1, 0.15) is 18.4 Å². The molecule has 0 radical (unpaired) electrons. The molecule has 0 saturated carbocycles. The van der Waals surface area contributed by atoms with Crippen molar-refractivity contribution in [1.82, 2.24) is 4.90 Å². The number of primary amides is 1. The van der Waals surface area contributed by atoms with E-state index in [1.54, 1.807) is 11.8 Å². The maximum atomic E-state index is 13.0. The van der Waals surface area contributed by atoms with Crippen LogP contribution in [0.2, 0.25) is 0 Å². The normalized spacial score (nSPS) is 19.8. The van der Waals surface area contributed by atoms with Crippen molar-refractivity contribution in [3.63, 3.8) is 0 Å². The second kappa shape index (κ2) is 7.82. The van der Waals surface area contributed by atoms with Gasteiger partial charge in [0.25, 0.3) is 0 Å². The van der Waals surface area contributed by atoms with Crippen LogP contribution in [0.5, 0.6) is 5.75 Å². The van der Waals surface area contributed by atoms with Crippen LogP contribution in [0.15, 0.2) is 66.7 Å². The number of amides is 2. The summed E-state index contributed by atoms with van der Waals surface area (Å²) >= 11 is 0. The molecular weight excluding hydrogens is 376 g/mol. The lowest BCUT2D eigenvalue weighted by Crippen LogP contribution is -2.46. The van der Waals surface area contributed by atoms with Crippen LogP contribution in [-0.4, -0.2) is 29.3 Å². The van der Waals surface area contributed by atoms with E-state index < -0.39 is 17.4 Å². The molecule has 1 fully saturated rings. The first kappa shape index (κ1) is 20.0. The average Bonchev–Trinajstić information content (AvgIpc) is 3.07. The van der Waals surface area contributed by atoms with E-state index in [-0.39, 0.29) is 5.91 Å². The predicted octanol–water partition coefficient (Wildman–Crippen LogP) is 3.78. The number of ether oxygens (including phenoxy) is 1. The molecule has 1 heterocycles. The van der Waals surface area contributed by atoms with E-state index in [0.717, 1.165) is 16.9 Å². The fourth-order valence-electron chi connectivity index (χ4n) is 4.16. The third-order valence-corrected chi connectivity index (χ3v) is 6.23. The maximum Gasteiger partial charge on any atom is 0.239 e. The first-order valence-corrected chi connectivity index (χ1v) is 10.2. The van der Waals surface area contributed by atoms with Gasteiger partial charge in [0.15, 0.2) is 0 Å². The molecule has 2 atom stereocenters. The smallest absolute Gasteiger partial charge is 0.239 e. The second-order valence-electron chi connectivity index (χ2n) is 8.11. The van der Waals surface area contributed by atoms with Crippen LogP contribution in [0.25, 0.3) is 10.8 Å². The summed E-state index contributed by atoms with van der Waals surface area (Å²) in [5.74, 6) is 0.214. The molecule has 0 bridgehead atoms. The molecule has 30 heavy (non-hydrogen) atoms. The summed E-state index contributed by atoms with van der Waals surface area (Å²) in [4.78, 5) is 26.1. The highest BCUT2D eigenvalue weighted by molar-refractivity contribution is 5.94. The van der Waals surface area contributed by atoms with Gasteiger partial charge in [-0.25, -0.2) is 0 Å². The van der Waals surface area contributed by atoms with E-state index in [1.807, 2.05) is 49.4 Å². The number of hydrogen-bond donors (Lipinski definition) is 1. The fraction of sp³-hybridized carbons (Fsp3) is 0.280. The minimum atomic E-state index is -0.655. The number of fused-ring (bicyclic) bond motifs is 1. The summed E-state index contributed by atoms with van der Waals surface area (Å²) in [6, 6.07) is 21.5. The van der Waals surface area contributed by atoms with Gasteiger partial charge in [-0.1, -0.05) is 54.6 Å². The van der Waals surface area contributed by atoms with Gasteiger partial charge in [0.05, 0.1) is 5.41 Å². The number of hydrogen-bond acceptors (Lipinski definition) is 3. The fourth-order valence-corrected chi connectivity index (χ4v) is 4.16. The Morgan fingerprint density at radius 1 is 1.10 bits per heavy atom. The Bertz CT molecular complexity index is 1090. The van der Waals surface area contributed by atoms with Gasteiger partial charge in [-0.3, -0.25) is 9.59 Å². The number of rotatable bonds is 6. The number of benzene rings is 3. The largest absolute Gasteiger partial charge is 0.489 e. The lowest BCUT2D eigenvalue weighted by atomic mass is 9.81. The minimum absolute atomic E-state index is 0.0572. The van der Waals surface area contributed by atoms with Gasteiger partial charge in [0.2, 0.25) is 11.8 Å². The zero-order valence-electron chi connectivity index (χ0n) is 17.3. The van der Waals surface area contributed by atoms with Crippen LogP contribution in [0.3, 0.4) is 0 Å². The van der Waals surface area contributed by atoms with Gasteiger partial charge in [-0.05, 0) is 54.3 Å². The number of carbonyl (C=O) groups is 2. The van der Waals surface area contributed by atoms with E-state index in [1.165, 1.54) is 10.8 Å². The molecule has 2 unspecified atom stereocenters. The Hall–Kier alpha value is -3.34. The highest BCUT2D eigenvalue weighted by Gasteiger charge is 2.46. The molecular formula is C25H26N2O3.